The first-order valence-corrected chi connectivity index (χ1v) is 4.61. The number of nitrogen functional groups attached to an aromatic ring is 1. The van der Waals surface area contributed by atoms with E-state index in [4.69, 9.17) is 5.73 Å². The first-order chi connectivity index (χ1) is 8.08. The van der Waals surface area contributed by atoms with Gasteiger partial charge in [-0.15, -0.1) is 0 Å². The lowest BCUT2D eigenvalue weighted by atomic mass is 10.1. The van der Waals surface area contributed by atoms with Crippen molar-refractivity contribution in [3.05, 3.63) is 46.4 Å². The van der Waals surface area contributed by atoms with Crippen LogP contribution >= 0.6 is 0 Å². The van der Waals surface area contributed by atoms with Crippen LogP contribution in [0.3, 0.4) is 0 Å². The van der Waals surface area contributed by atoms with Crippen LogP contribution in [0, 0.1) is 15.9 Å². The van der Waals surface area contributed by atoms with E-state index in [0.29, 0.717) is 0 Å². The summed E-state index contributed by atoms with van der Waals surface area (Å²) in [6, 6.07) is 4.58. The zero-order chi connectivity index (χ0) is 12.4. The van der Waals surface area contributed by atoms with E-state index >= 15 is 0 Å². The van der Waals surface area contributed by atoms with Gasteiger partial charge in [-0.1, -0.05) is 0 Å². The van der Waals surface area contributed by atoms with Gasteiger partial charge >= 0.3 is 0 Å². The van der Waals surface area contributed by atoms with Gasteiger partial charge in [0.25, 0.3) is 5.69 Å². The zero-order valence-corrected chi connectivity index (χ0v) is 8.50. The van der Waals surface area contributed by atoms with E-state index in [-0.39, 0.29) is 22.9 Å². The molecule has 2 N–H and O–H groups in total. The van der Waals surface area contributed by atoms with Crippen LogP contribution in [0.25, 0.3) is 11.3 Å². The molecule has 0 unspecified atom stereocenters. The van der Waals surface area contributed by atoms with E-state index in [9.17, 15) is 14.5 Å². The molecule has 1 aromatic heterocycles. The fourth-order valence-corrected chi connectivity index (χ4v) is 1.40. The molecule has 2 aromatic rings. The third-order valence-electron chi connectivity index (χ3n) is 2.11. The Labute approximate surface area is 95.1 Å². The molecule has 0 amide bonds. The topological polar surface area (TPSA) is 94.9 Å². The molecule has 0 fully saturated rings. The lowest BCUT2D eigenvalue weighted by Crippen LogP contribution is -1.98. The lowest BCUT2D eigenvalue weighted by molar-refractivity contribution is -0.384. The van der Waals surface area contributed by atoms with Crippen LogP contribution < -0.4 is 5.73 Å². The van der Waals surface area contributed by atoms with Crippen LogP contribution in [0.1, 0.15) is 0 Å². The van der Waals surface area contributed by atoms with E-state index < -0.39 is 10.7 Å². The van der Waals surface area contributed by atoms with Crippen LogP contribution in [0.5, 0.6) is 0 Å². The highest BCUT2D eigenvalue weighted by Gasteiger charge is 2.17. The van der Waals surface area contributed by atoms with Crippen molar-refractivity contribution in [2.24, 2.45) is 0 Å². The standard InChI is InChI=1S/C10H7FN4O2/c11-6-1-2-9(15(16)17)7(5-6)8-3-4-13-10(12)14-8/h1-5H,(H2,12,13,14). The molecule has 86 valence electrons. The lowest BCUT2D eigenvalue weighted by Gasteiger charge is -2.02. The number of nitrogens with zero attached hydrogens (tertiary/aromatic N) is 3. The minimum Gasteiger partial charge on any atom is -0.368 e. The molecule has 0 aliphatic carbocycles. The number of benzene rings is 1. The molecule has 7 heteroatoms. The smallest absolute Gasteiger partial charge is 0.278 e. The Morgan fingerprint density at radius 2 is 2.12 bits per heavy atom. The molecule has 0 atom stereocenters. The minimum absolute atomic E-state index is 0.0268. The highest BCUT2D eigenvalue weighted by atomic mass is 19.1. The summed E-state index contributed by atoms with van der Waals surface area (Å²) < 4.78 is 13.1. The summed E-state index contributed by atoms with van der Waals surface area (Å²) in [5, 5.41) is 10.8. The third-order valence-corrected chi connectivity index (χ3v) is 2.11. The summed E-state index contributed by atoms with van der Waals surface area (Å²) in [5.74, 6) is -0.608. The molecular formula is C10H7FN4O2. The Hall–Kier alpha value is -2.57. The number of hydrogen-bond acceptors (Lipinski definition) is 5. The molecule has 0 saturated carbocycles. The van der Waals surface area contributed by atoms with E-state index in [1.165, 1.54) is 12.3 Å². The number of rotatable bonds is 2. The maximum Gasteiger partial charge on any atom is 0.278 e. The number of nitro benzene ring substituents is 1. The molecule has 1 heterocycles. The summed E-state index contributed by atoms with van der Waals surface area (Å²) >= 11 is 0. The van der Waals surface area contributed by atoms with Gasteiger partial charge in [0.15, 0.2) is 0 Å². The van der Waals surface area contributed by atoms with Gasteiger partial charge in [0.05, 0.1) is 16.2 Å². The maximum atomic E-state index is 13.1. The van der Waals surface area contributed by atoms with Gasteiger partial charge in [0.1, 0.15) is 5.82 Å². The van der Waals surface area contributed by atoms with E-state index in [1.54, 1.807) is 0 Å². The summed E-state index contributed by atoms with van der Waals surface area (Å²) in [6.07, 6.45) is 1.35. The van der Waals surface area contributed by atoms with E-state index in [1.807, 2.05) is 0 Å². The van der Waals surface area contributed by atoms with Crippen LogP contribution in [0.15, 0.2) is 30.5 Å². The van der Waals surface area contributed by atoms with Crippen LogP contribution in [-0.4, -0.2) is 14.9 Å². The fraction of sp³-hybridized carbons (Fsp3) is 0. The van der Waals surface area contributed by atoms with Gasteiger partial charge in [0, 0.05) is 12.3 Å². The number of anilines is 1. The fourth-order valence-electron chi connectivity index (χ4n) is 1.40. The van der Waals surface area contributed by atoms with Crippen LogP contribution in [-0.2, 0) is 0 Å². The highest BCUT2D eigenvalue weighted by Crippen LogP contribution is 2.29. The largest absolute Gasteiger partial charge is 0.368 e. The van der Waals surface area contributed by atoms with Crippen molar-refractivity contribution in [1.82, 2.24) is 9.97 Å². The minimum atomic E-state index is -0.604. The molecule has 2 rings (SSSR count). The van der Waals surface area contributed by atoms with Crippen molar-refractivity contribution < 1.29 is 9.31 Å². The highest BCUT2D eigenvalue weighted by molar-refractivity contribution is 5.70. The van der Waals surface area contributed by atoms with Crippen molar-refractivity contribution in [2.45, 2.75) is 0 Å². The Morgan fingerprint density at radius 1 is 1.35 bits per heavy atom. The number of aromatic nitrogens is 2. The van der Waals surface area contributed by atoms with Crippen LogP contribution in [0.2, 0.25) is 0 Å². The normalized spacial score (nSPS) is 10.2. The number of nitrogens with two attached hydrogens (primary N) is 1. The summed E-state index contributed by atoms with van der Waals surface area (Å²) in [5.41, 5.74) is 5.43. The van der Waals surface area contributed by atoms with Gasteiger partial charge in [-0.05, 0) is 18.2 Å². The summed E-state index contributed by atoms with van der Waals surface area (Å²) in [6.45, 7) is 0. The number of nitro groups is 1. The second-order valence-corrected chi connectivity index (χ2v) is 3.22. The molecule has 0 bridgehead atoms. The number of hydrogen-bond donors (Lipinski definition) is 1. The summed E-state index contributed by atoms with van der Waals surface area (Å²) in [7, 11) is 0. The predicted octanol–water partition coefficient (Wildman–Crippen LogP) is 1.77. The van der Waals surface area contributed by atoms with E-state index in [0.717, 1.165) is 18.2 Å². The maximum absolute atomic E-state index is 13.1. The van der Waals surface area contributed by atoms with Gasteiger partial charge in [-0.25, -0.2) is 14.4 Å². The quantitative estimate of drug-likeness (QED) is 0.631. The summed E-state index contributed by atoms with van der Waals surface area (Å²) in [4.78, 5) is 17.7. The van der Waals surface area contributed by atoms with Gasteiger partial charge in [-0.3, -0.25) is 10.1 Å². The third kappa shape index (κ3) is 2.17. The Morgan fingerprint density at radius 3 is 2.76 bits per heavy atom. The van der Waals surface area contributed by atoms with Gasteiger partial charge in [-0.2, -0.15) is 0 Å². The Kier molecular flexibility index (Phi) is 2.65. The molecular weight excluding hydrogens is 227 g/mol. The first kappa shape index (κ1) is 10.9. The van der Waals surface area contributed by atoms with Crippen molar-refractivity contribution >= 4 is 11.6 Å². The molecule has 1 aromatic carbocycles. The molecule has 0 spiro atoms. The average molecular weight is 234 g/mol. The first-order valence-electron chi connectivity index (χ1n) is 4.61. The SMILES string of the molecule is Nc1nccc(-c2cc(F)ccc2[N+](=O)[O-])n1. The van der Waals surface area contributed by atoms with Crippen LogP contribution in [0.4, 0.5) is 16.0 Å². The molecule has 0 saturated heterocycles. The van der Waals surface area contributed by atoms with Crippen molar-refractivity contribution in [3.8, 4) is 11.3 Å². The molecule has 6 nitrogen and oxygen atoms in total. The molecule has 0 aliphatic rings. The van der Waals surface area contributed by atoms with Gasteiger partial charge in [0.2, 0.25) is 5.95 Å². The predicted molar refractivity (Wildman–Crippen MR) is 58.5 cm³/mol. The molecule has 0 radical (unpaired) electrons. The average Bonchev–Trinajstić information content (AvgIpc) is 2.28. The Balaban J connectivity index is 2.65. The van der Waals surface area contributed by atoms with Crippen molar-refractivity contribution in [1.29, 1.82) is 0 Å². The number of halogens is 1. The molecule has 0 aliphatic heterocycles. The Bertz CT molecular complexity index is 588. The second-order valence-electron chi connectivity index (χ2n) is 3.22. The zero-order valence-electron chi connectivity index (χ0n) is 8.50. The molecule has 17 heavy (non-hydrogen) atoms. The van der Waals surface area contributed by atoms with Gasteiger partial charge < -0.3 is 5.73 Å². The monoisotopic (exact) mass is 234 g/mol. The van der Waals surface area contributed by atoms with Crippen molar-refractivity contribution in [2.75, 3.05) is 5.73 Å². The van der Waals surface area contributed by atoms with Crippen molar-refractivity contribution in [3.63, 3.8) is 0 Å². The van der Waals surface area contributed by atoms with E-state index in [2.05, 4.69) is 9.97 Å². The second kappa shape index (κ2) is 4.12.